The van der Waals surface area contributed by atoms with Crippen LogP contribution in [0, 0.1) is 0 Å². The van der Waals surface area contributed by atoms with Crippen molar-refractivity contribution in [2.45, 2.75) is 19.4 Å². The minimum absolute atomic E-state index is 0.239. The van der Waals surface area contributed by atoms with Gasteiger partial charge < -0.3 is 5.11 Å². The number of hydrogen-bond donors (Lipinski definition) is 3. The molecule has 3 N–H and O–H groups in total. The van der Waals surface area contributed by atoms with E-state index in [1.807, 2.05) is 6.92 Å². The van der Waals surface area contributed by atoms with Crippen LogP contribution in [0.3, 0.4) is 0 Å². The smallest absolute Gasteiger partial charge is 0.265 e. The lowest BCUT2D eigenvalue weighted by Gasteiger charge is -2.19. The standard InChI is InChI=1S/C6H11N3O2/c1-2-5-7-4(3-10)6(11)9-8-5/h4,10H,2-3H2,1H3,(H,7,8)(H,9,11). The maximum Gasteiger partial charge on any atom is 0.265 e. The Kier molecular flexibility index (Phi) is 2.43. The molecular formula is C6H11N3O2. The Morgan fingerprint density at radius 2 is 2.36 bits per heavy atom. The topological polar surface area (TPSA) is 73.7 Å². The first-order chi connectivity index (χ1) is 5.27. The van der Waals surface area contributed by atoms with E-state index in [4.69, 9.17) is 5.11 Å². The van der Waals surface area contributed by atoms with Crippen LogP contribution in [0.2, 0.25) is 0 Å². The van der Waals surface area contributed by atoms with Crippen LogP contribution in [-0.4, -0.2) is 29.5 Å². The Bertz CT molecular complexity index is 190. The van der Waals surface area contributed by atoms with E-state index in [-0.39, 0.29) is 12.5 Å². The van der Waals surface area contributed by atoms with Gasteiger partial charge in [-0.2, -0.15) is 0 Å². The van der Waals surface area contributed by atoms with Gasteiger partial charge in [-0.1, -0.05) is 6.92 Å². The second-order valence-electron chi connectivity index (χ2n) is 2.24. The lowest BCUT2D eigenvalue weighted by Crippen LogP contribution is -2.51. The van der Waals surface area contributed by atoms with E-state index in [1.54, 1.807) is 0 Å². The van der Waals surface area contributed by atoms with Crippen LogP contribution >= 0.6 is 0 Å². The molecular weight excluding hydrogens is 146 g/mol. The van der Waals surface area contributed by atoms with Gasteiger partial charge in [0.2, 0.25) is 0 Å². The van der Waals surface area contributed by atoms with Gasteiger partial charge in [0.15, 0.2) is 6.04 Å². The number of carbonyl (C=O) groups excluding carboxylic acids is 1. The largest absolute Gasteiger partial charge is 0.394 e. The Morgan fingerprint density at radius 1 is 1.64 bits per heavy atom. The number of aliphatic imine (C=N–C) groups is 1. The molecule has 0 bridgehead atoms. The van der Waals surface area contributed by atoms with Gasteiger partial charge in [0.05, 0.1) is 6.61 Å². The number of nitrogens with zero attached hydrogens (tertiary/aromatic N) is 1. The number of rotatable bonds is 2. The second-order valence-corrected chi connectivity index (χ2v) is 2.24. The van der Waals surface area contributed by atoms with Crippen LogP contribution in [0.1, 0.15) is 13.3 Å². The number of amidine groups is 1. The third kappa shape index (κ3) is 1.68. The van der Waals surface area contributed by atoms with Crippen molar-refractivity contribution in [3.05, 3.63) is 0 Å². The first-order valence-corrected chi connectivity index (χ1v) is 3.51. The Morgan fingerprint density at radius 3 is 2.91 bits per heavy atom. The third-order valence-electron chi connectivity index (χ3n) is 1.45. The second kappa shape index (κ2) is 3.34. The fraction of sp³-hybridized carbons (Fsp3) is 0.667. The molecule has 62 valence electrons. The molecule has 0 aliphatic carbocycles. The highest BCUT2D eigenvalue weighted by Crippen LogP contribution is 1.96. The first kappa shape index (κ1) is 8.00. The summed E-state index contributed by atoms with van der Waals surface area (Å²) in [5, 5.41) is 8.68. The summed E-state index contributed by atoms with van der Waals surface area (Å²) in [5.41, 5.74) is 5.03. The van der Waals surface area contributed by atoms with Crippen LogP contribution in [0.5, 0.6) is 0 Å². The molecule has 1 unspecified atom stereocenters. The van der Waals surface area contributed by atoms with Crippen molar-refractivity contribution in [2.75, 3.05) is 6.61 Å². The van der Waals surface area contributed by atoms with E-state index in [9.17, 15) is 4.79 Å². The van der Waals surface area contributed by atoms with Gasteiger partial charge in [0, 0.05) is 6.42 Å². The summed E-state index contributed by atoms with van der Waals surface area (Å²) in [7, 11) is 0. The minimum atomic E-state index is -0.633. The van der Waals surface area contributed by atoms with Crippen molar-refractivity contribution in [1.29, 1.82) is 0 Å². The van der Waals surface area contributed by atoms with Gasteiger partial charge >= 0.3 is 0 Å². The molecule has 1 rings (SSSR count). The van der Waals surface area contributed by atoms with Crippen LogP contribution in [-0.2, 0) is 4.79 Å². The highest BCUT2D eigenvalue weighted by molar-refractivity contribution is 5.93. The van der Waals surface area contributed by atoms with E-state index in [0.717, 1.165) is 6.42 Å². The van der Waals surface area contributed by atoms with Crippen molar-refractivity contribution in [3.63, 3.8) is 0 Å². The van der Waals surface area contributed by atoms with Gasteiger partial charge in [-0.3, -0.25) is 20.6 Å². The maximum atomic E-state index is 10.8. The molecule has 1 atom stereocenters. The molecule has 0 saturated carbocycles. The molecule has 1 aliphatic rings. The third-order valence-corrected chi connectivity index (χ3v) is 1.45. The lowest BCUT2D eigenvalue weighted by molar-refractivity contribution is -0.124. The summed E-state index contributed by atoms with van der Waals surface area (Å²) in [5.74, 6) is 0.411. The quantitative estimate of drug-likeness (QED) is 0.471. The van der Waals surface area contributed by atoms with E-state index < -0.39 is 6.04 Å². The fourth-order valence-corrected chi connectivity index (χ4v) is 0.799. The van der Waals surface area contributed by atoms with Crippen molar-refractivity contribution in [1.82, 2.24) is 10.9 Å². The zero-order valence-electron chi connectivity index (χ0n) is 6.29. The summed E-state index contributed by atoms with van der Waals surface area (Å²) in [6, 6.07) is -0.633. The van der Waals surface area contributed by atoms with Gasteiger partial charge in [-0.05, 0) is 0 Å². The van der Waals surface area contributed by atoms with Crippen molar-refractivity contribution in [2.24, 2.45) is 4.99 Å². The molecule has 0 aromatic carbocycles. The maximum absolute atomic E-state index is 10.8. The molecule has 11 heavy (non-hydrogen) atoms. The van der Waals surface area contributed by atoms with Crippen LogP contribution < -0.4 is 10.9 Å². The molecule has 0 saturated heterocycles. The molecule has 1 amide bonds. The lowest BCUT2D eigenvalue weighted by atomic mass is 10.3. The highest BCUT2D eigenvalue weighted by Gasteiger charge is 2.20. The molecule has 0 aromatic rings. The minimum Gasteiger partial charge on any atom is -0.394 e. The number of hydrogen-bond acceptors (Lipinski definition) is 4. The summed E-state index contributed by atoms with van der Waals surface area (Å²) in [6.45, 7) is 1.68. The summed E-state index contributed by atoms with van der Waals surface area (Å²) in [6.07, 6.45) is 0.719. The molecule has 0 spiro atoms. The average Bonchev–Trinajstić information content (AvgIpc) is 2.05. The first-order valence-electron chi connectivity index (χ1n) is 3.51. The molecule has 5 heteroatoms. The number of nitrogens with one attached hydrogen (secondary N) is 2. The number of hydrazine groups is 1. The van der Waals surface area contributed by atoms with Crippen molar-refractivity contribution >= 4 is 11.7 Å². The summed E-state index contributed by atoms with van der Waals surface area (Å²) in [4.78, 5) is 14.8. The normalized spacial score (nSPS) is 23.6. The number of aliphatic hydroxyl groups excluding tert-OH is 1. The van der Waals surface area contributed by atoms with Crippen LogP contribution in [0.4, 0.5) is 0 Å². The van der Waals surface area contributed by atoms with Gasteiger partial charge in [-0.25, -0.2) is 0 Å². The highest BCUT2D eigenvalue weighted by atomic mass is 16.3. The van der Waals surface area contributed by atoms with Gasteiger partial charge in [-0.15, -0.1) is 0 Å². The van der Waals surface area contributed by atoms with E-state index >= 15 is 0 Å². The van der Waals surface area contributed by atoms with Crippen LogP contribution in [0.15, 0.2) is 4.99 Å². The van der Waals surface area contributed by atoms with Crippen molar-refractivity contribution in [3.8, 4) is 0 Å². The predicted molar refractivity (Wildman–Crippen MR) is 39.9 cm³/mol. The predicted octanol–water partition coefficient (Wildman–Crippen LogP) is -1.21. The molecule has 0 aromatic heterocycles. The number of amides is 1. The molecule has 1 aliphatic heterocycles. The molecule has 1 heterocycles. The molecule has 0 radical (unpaired) electrons. The molecule has 0 fully saturated rings. The van der Waals surface area contributed by atoms with E-state index in [2.05, 4.69) is 15.8 Å². The Labute approximate surface area is 64.5 Å². The zero-order valence-corrected chi connectivity index (χ0v) is 6.29. The fourth-order valence-electron chi connectivity index (χ4n) is 0.799. The molecule has 5 nitrogen and oxygen atoms in total. The number of carbonyl (C=O) groups is 1. The van der Waals surface area contributed by atoms with Crippen molar-refractivity contribution < 1.29 is 9.90 Å². The zero-order chi connectivity index (χ0) is 8.27. The summed E-state index contributed by atoms with van der Waals surface area (Å²) >= 11 is 0. The summed E-state index contributed by atoms with van der Waals surface area (Å²) < 4.78 is 0. The van der Waals surface area contributed by atoms with Gasteiger partial charge in [0.1, 0.15) is 5.84 Å². The van der Waals surface area contributed by atoms with E-state index in [0.29, 0.717) is 5.84 Å². The Hall–Kier alpha value is -1.10. The van der Waals surface area contributed by atoms with Gasteiger partial charge in [0.25, 0.3) is 5.91 Å². The SMILES string of the molecule is CCC1=NC(CO)C(=O)NN1. The number of aliphatic hydroxyl groups is 1. The monoisotopic (exact) mass is 157 g/mol. The average molecular weight is 157 g/mol. The van der Waals surface area contributed by atoms with E-state index in [1.165, 1.54) is 0 Å². The Balaban J connectivity index is 2.67. The van der Waals surface area contributed by atoms with Crippen LogP contribution in [0.25, 0.3) is 0 Å².